The van der Waals surface area contributed by atoms with Crippen LogP contribution in [0, 0.1) is 0 Å². The van der Waals surface area contributed by atoms with Crippen molar-refractivity contribution >= 4 is 43.8 Å². The van der Waals surface area contributed by atoms with E-state index in [1.54, 1.807) is 60.3 Å². The minimum Gasteiger partial charge on any atom is -0.508 e. The summed E-state index contributed by atoms with van der Waals surface area (Å²) in [7, 11) is 2.13. The Morgan fingerprint density at radius 1 is 1.03 bits per heavy atom. The number of pyridine rings is 1. The molecule has 0 saturated heterocycles. The second kappa shape index (κ2) is 12.4. The predicted molar refractivity (Wildman–Crippen MR) is 152 cm³/mol. The highest BCUT2D eigenvalue weighted by Crippen LogP contribution is 2.29. The molecule has 0 saturated carbocycles. The minimum absolute atomic E-state index is 0.0115. The summed E-state index contributed by atoms with van der Waals surface area (Å²) in [6.45, 7) is 1.95. The normalized spacial score (nSPS) is 12.7. The minimum atomic E-state index is -1.14. The molecule has 3 N–H and O–H groups in total. The highest BCUT2D eigenvalue weighted by atomic mass is 32.2. The van der Waals surface area contributed by atoms with E-state index in [9.17, 15) is 24.2 Å². The number of halogens is 1. The van der Waals surface area contributed by atoms with E-state index in [0.29, 0.717) is 35.1 Å². The SMILES string of the molecule is CCC(Cc1ccc(O)cc1)NC(=O)c1cc(C(=O)O)c2cc(CSc3ccc(C(F)P)cc3)ccc2n1. The van der Waals surface area contributed by atoms with E-state index < -0.39 is 17.8 Å². The van der Waals surface area contributed by atoms with Gasteiger partial charge in [0.25, 0.3) is 5.91 Å². The average molecular weight is 551 g/mol. The van der Waals surface area contributed by atoms with Crippen LogP contribution in [0.25, 0.3) is 10.9 Å². The number of aromatic nitrogens is 1. The molecule has 1 heterocycles. The molecule has 38 heavy (non-hydrogen) atoms. The van der Waals surface area contributed by atoms with Gasteiger partial charge in [-0.15, -0.1) is 11.8 Å². The first-order chi connectivity index (χ1) is 18.2. The fourth-order valence-electron chi connectivity index (χ4n) is 4.04. The van der Waals surface area contributed by atoms with Crippen molar-refractivity contribution in [1.29, 1.82) is 0 Å². The van der Waals surface area contributed by atoms with Gasteiger partial charge in [0.15, 0.2) is 0 Å². The molecule has 4 aromatic rings. The Morgan fingerprint density at radius 3 is 2.34 bits per heavy atom. The Kier molecular flexibility index (Phi) is 8.97. The summed E-state index contributed by atoms with van der Waals surface area (Å²) in [5.41, 5.74) is 2.94. The number of carbonyl (C=O) groups excluding carboxylic acids is 1. The van der Waals surface area contributed by atoms with Crippen LogP contribution in [0.15, 0.2) is 77.7 Å². The molecule has 0 spiro atoms. The molecule has 0 aliphatic heterocycles. The van der Waals surface area contributed by atoms with E-state index in [4.69, 9.17) is 0 Å². The highest BCUT2D eigenvalue weighted by Gasteiger charge is 2.19. The van der Waals surface area contributed by atoms with Crippen LogP contribution >= 0.6 is 21.0 Å². The Labute approximate surface area is 226 Å². The van der Waals surface area contributed by atoms with E-state index in [1.807, 2.05) is 25.1 Å². The summed E-state index contributed by atoms with van der Waals surface area (Å²) < 4.78 is 13.4. The lowest BCUT2D eigenvalue weighted by molar-refractivity contribution is 0.0699. The topological polar surface area (TPSA) is 99.5 Å². The van der Waals surface area contributed by atoms with E-state index in [-0.39, 0.29) is 23.0 Å². The van der Waals surface area contributed by atoms with Crippen molar-refractivity contribution in [3.63, 3.8) is 0 Å². The second-order valence-corrected chi connectivity index (χ2v) is 10.6. The first-order valence-corrected chi connectivity index (χ1v) is 13.8. The zero-order valence-electron chi connectivity index (χ0n) is 20.7. The first-order valence-electron chi connectivity index (χ1n) is 12.1. The summed E-state index contributed by atoms with van der Waals surface area (Å²) >= 11 is 1.56. The number of benzene rings is 3. The molecule has 1 amide bonds. The van der Waals surface area contributed by atoms with Crippen molar-refractivity contribution in [2.45, 2.75) is 42.4 Å². The Morgan fingerprint density at radius 2 is 1.71 bits per heavy atom. The van der Waals surface area contributed by atoms with Crippen molar-refractivity contribution < 1.29 is 24.2 Å². The lowest BCUT2D eigenvalue weighted by atomic mass is 10.0. The summed E-state index contributed by atoms with van der Waals surface area (Å²) in [4.78, 5) is 30.6. The molecule has 3 aromatic carbocycles. The fourth-order valence-corrected chi connectivity index (χ4v) is 5.11. The molecule has 0 aliphatic carbocycles. The van der Waals surface area contributed by atoms with Crippen molar-refractivity contribution in [3.8, 4) is 5.75 Å². The van der Waals surface area contributed by atoms with E-state index >= 15 is 0 Å². The molecular weight excluding hydrogens is 522 g/mol. The molecule has 0 radical (unpaired) electrons. The highest BCUT2D eigenvalue weighted by molar-refractivity contribution is 7.98. The van der Waals surface area contributed by atoms with Gasteiger partial charge in [0.1, 0.15) is 17.4 Å². The summed E-state index contributed by atoms with van der Waals surface area (Å²) in [6.07, 6.45) is 1.24. The number of nitrogens with one attached hydrogen (secondary N) is 1. The Balaban J connectivity index is 1.51. The molecule has 3 atom stereocenters. The van der Waals surface area contributed by atoms with Gasteiger partial charge in [-0.05, 0) is 72.0 Å². The molecular formula is C29H28FN2O4PS. The number of hydrogen-bond acceptors (Lipinski definition) is 5. The van der Waals surface area contributed by atoms with Crippen LogP contribution in [-0.4, -0.2) is 33.1 Å². The number of hydrogen-bond donors (Lipinski definition) is 3. The average Bonchev–Trinajstić information content (AvgIpc) is 2.92. The number of thioether (sulfide) groups is 1. The molecule has 6 nitrogen and oxygen atoms in total. The number of alkyl halides is 1. The van der Waals surface area contributed by atoms with Gasteiger partial charge in [-0.25, -0.2) is 14.2 Å². The van der Waals surface area contributed by atoms with Gasteiger partial charge in [0, 0.05) is 22.1 Å². The summed E-state index contributed by atoms with van der Waals surface area (Å²) in [6, 6.07) is 20.5. The van der Waals surface area contributed by atoms with Crippen LogP contribution in [0.2, 0.25) is 0 Å². The molecule has 4 rings (SSSR count). The third-order valence-electron chi connectivity index (χ3n) is 6.19. The van der Waals surface area contributed by atoms with Crippen molar-refractivity contribution in [2.75, 3.05) is 0 Å². The summed E-state index contributed by atoms with van der Waals surface area (Å²) in [5.74, 6) is -1.91. The van der Waals surface area contributed by atoms with E-state index in [1.165, 1.54) is 6.07 Å². The van der Waals surface area contributed by atoms with Crippen molar-refractivity contribution in [3.05, 3.63) is 101 Å². The molecule has 0 aliphatic rings. The predicted octanol–water partition coefficient (Wildman–Crippen LogP) is 6.53. The number of carbonyl (C=O) groups is 2. The van der Waals surface area contributed by atoms with E-state index in [0.717, 1.165) is 16.0 Å². The third-order valence-corrected chi connectivity index (χ3v) is 7.65. The van der Waals surface area contributed by atoms with Crippen LogP contribution in [0.4, 0.5) is 4.39 Å². The number of phenolic OH excluding ortho intramolecular Hbond substituents is 1. The van der Waals surface area contributed by atoms with Crippen LogP contribution in [0.1, 0.15) is 56.8 Å². The number of aromatic hydroxyl groups is 1. The van der Waals surface area contributed by atoms with Gasteiger partial charge in [-0.2, -0.15) is 0 Å². The zero-order valence-corrected chi connectivity index (χ0v) is 22.7. The lowest BCUT2D eigenvalue weighted by Crippen LogP contribution is -2.36. The van der Waals surface area contributed by atoms with Crippen LogP contribution in [0.3, 0.4) is 0 Å². The number of fused-ring (bicyclic) bond motifs is 1. The Bertz CT molecular complexity index is 1450. The van der Waals surface area contributed by atoms with Gasteiger partial charge in [-0.1, -0.05) is 46.5 Å². The van der Waals surface area contributed by atoms with Crippen molar-refractivity contribution in [2.24, 2.45) is 0 Å². The number of rotatable bonds is 10. The standard InChI is InChI=1S/C29H28FN2O4PS/c1-2-20(13-17-3-8-21(33)9-4-17)31-28(34)26-15-24(29(35)36)23-14-18(5-12-25(23)32-26)16-38-22-10-6-19(7-11-22)27(30)37/h3-12,14-15,20,27,33H,2,13,16,37H2,1H3,(H,31,34)(H,35,36). The molecule has 196 valence electrons. The summed E-state index contributed by atoms with van der Waals surface area (Å²) in [5, 5.41) is 22.8. The number of carboxylic acids is 1. The number of aromatic carboxylic acids is 1. The van der Waals surface area contributed by atoms with Gasteiger partial charge < -0.3 is 15.5 Å². The molecule has 3 unspecified atom stereocenters. The maximum atomic E-state index is 13.4. The molecule has 1 aromatic heterocycles. The first kappa shape index (κ1) is 27.6. The van der Waals surface area contributed by atoms with Crippen LogP contribution < -0.4 is 5.32 Å². The van der Waals surface area contributed by atoms with E-state index in [2.05, 4.69) is 19.5 Å². The molecule has 9 heteroatoms. The molecule has 0 fully saturated rings. The number of nitrogens with zero attached hydrogens (tertiary/aromatic N) is 1. The fraction of sp³-hybridized carbons (Fsp3) is 0.207. The smallest absolute Gasteiger partial charge is 0.336 e. The largest absolute Gasteiger partial charge is 0.508 e. The molecule has 0 bridgehead atoms. The maximum absolute atomic E-state index is 13.4. The maximum Gasteiger partial charge on any atom is 0.336 e. The lowest BCUT2D eigenvalue weighted by Gasteiger charge is -2.17. The van der Waals surface area contributed by atoms with Crippen LogP contribution in [0.5, 0.6) is 5.75 Å². The third kappa shape index (κ3) is 6.88. The quantitative estimate of drug-likeness (QED) is 0.153. The van der Waals surface area contributed by atoms with Crippen LogP contribution in [-0.2, 0) is 12.2 Å². The Hall–Kier alpha value is -3.48. The van der Waals surface area contributed by atoms with Gasteiger partial charge in [0.05, 0.1) is 11.1 Å². The zero-order chi connectivity index (χ0) is 27.2. The second-order valence-electron chi connectivity index (χ2n) is 8.92. The monoisotopic (exact) mass is 550 g/mol. The van der Waals surface area contributed by atoms with Gasteiger partial charge in [-0.3, -0.25) is 4.79 Å². The number of amides is 1. The van der Waals surface area contributed by atoms with Gasteiger partial charge in [0.2, 0.25) is 0 Å². The van der Waals surface area contributed by atoms with Crippen molar-refractivity contribution in [1.82, 2.24) is 10.3 Å². The number of phenols is 1. The number of carboxylic acid groups (broad SMARTS) is 1. The van der Waals surface area contributed by atoms with Gasteiger partial charge >= 0.3 is 5.97 Å².